The molecule has 1 aromatic heterocycles. The van der Waals surface area contributed by atoms with Gasteiger partial charge in [0.1, 0.15) is 11.3 Å². The molecule has 1 atom stereocenters. The molecule has 0 amide bonds. The zero-order chi connectivity index (χ0) is 19.3. The van der Waals surface area contributed by atoms with Gasteiger partial charge in [0.2, 0.25) is 0 Å². The Balaban J connectivity index is 3.06. The van der Waals surface area contributed by atoms with Crippen LogP contribution in [0.2, 0.25) is 0 Å². The molecule has 14 heteroatoms. The molecule has 1 aromatic carbocycles. The van der Waals surface area contributed by atoms with E-state index in [-0.39, 0.29) is 10.6 Å². The van der Waals surface area contributed by atoms with Crippen molar-refractivity contribution in [1.29, 1.82) is 0 Å². The SMILES string of the molecule is CC(n1c(=O)c(=O)[nH]c2cc(C(F)(F)F)c([N+](=O)[O-])cc21)P(=O)(O)O. The van der Waals surface area contributed by atoms with Crippen LogP contribution in [0.5, 0.6) is 0 Å². The minimum Gasteiger partial charge on any atom is -0.323 e. The Kier molecular flexibility index (Phi) is 4.36. The number of aromatic amines is 1. The van der Waals surface area contributed by atoms with Gasteiger partial charge in [-0.2, -0.15) is 13.2 Å². The highest BCUT2D eigenvalue weighted by atomic mass is 31.2. The van der Waals surface area contributed by atoms with Crippen LogP contribution < -0.4 is 11.1 Å². The minimum atomic E-state index is -5.14. The van der Waals surface area contributed by atoms with Crippen molar-refractivity contribution in [1.82, 2.24) is 9.55 Å². The summed E-state index contributed by atoms with van der Waals surface area (Å²) in [5.74, 6) is -1.93. The standard InChI is InChI=1S/C11H9F3N3O7P/c1-4(25(22,23)24)16-8-3-7(17(20)21)5(11(12,13)14)2-6(8)15-9(18)10(16)19/h2-4H,1H3,(H,15,18)(H2,22,23,24). The molecule has 0 saturated carbocycles. The van der Waals surface area contributed by atoms with Gasteiger partial charge in [0.15, 0.2) is 0 Å². The normalized spacial score (nSPS) is 13.8. The van der Waals surface area contributed by atoms with E-state index in [1.807, 2.05) is 4.98 Å². The zero-order valence-corrected chi connectivity index (χ0v) is 13.0. The fourth-order valence-corrected chi connectivity index (χ4v) is 2.70. The summed E-state index contributed by atoms with van der Waals surface area (Å²) in [7, 11) is -4.99. The van der Waals surface area contributed by atoms with Gasteiger partial charge in [-0.05, 0) is 13.0 Å². The van der Waals surface area contributed by atoms with Crippen molar-refractivity contribution in [2.75, 3.05) is 0 Å². The van der Waals surface area contributed by atoms with Crippen LogP contribution in [0, 0.1) is 10.1 Å². The van der Waals surface area contributed by atoms with Crippen molar-refractivity contribution in [3.63, 3.8) is 0 Å². The Hall–Kier alpha value is -2.50. The van der Waals surface area contributed by atoms with Crippen LogP contribution in [0.1, 0.15) is 18.3 Å². The number of hydrogen-bond donors (Lipinski definition) is 3. The lowest BCUT2D eigenvalue weighted by Crippen LogP contribution is -2.37. The second-order valence-electron chi connectivity index (χ2n) is 4.99. The monoisotopic (exact) mass is 383 g/mol. The number of nitrogens with zero attached hydrogens (tertiary/aromatic N) is 2. The maximum Gasteiger partial charge on any atom is 0.423 e. The van der Waals surface area contributed by atoms with Gasteiger partial charge in [-0.3, -0.25) is 28.8 Å². The van der Waals surface area contributed by atoms with Crippen LogP contribution in [-0.2, 0) is 10.7 Å². The highest BCUT2D eigenvalue weighted by Crippen LogP contribution is 2.48. The highest BCUT2D eigenvalue weighted by molar-refractivity contribution is 7.51. The molecule has 0 aliphatic rings. The van der Waals surface area contributed by atoms with Crippen molar-refractivity contribution in [2.45, 2.75) is 18.9 Å². The maximum absolute atomic E-state index is 13.0. The molecule has 1 unspecified atom stereocenters. The molecular formula is C11H9F3N3O7P. The average Bonchev–Trinajstić information content (AvgIpc) is 2.44. The molecule has 10 nitrogen and oxygen atoms in total. The Bertz CT molecular complexity index is 1040. The first-order valence-corrected chi connectivity index (χ1v) is 8.02. The van der Waals surface area contributed by atoms with E-state index >= 15 is 0 Å². The molecule has 0 spiro atoms. The number of nitrogens with one attached hydrogen (secondary N) is 1. The van der Waals surface area contributed by atoms with Crippen LogP contribution >= 0.6 is 7.60 Å². The summed E-state index contributed by atoms with van der Waals surface area (Å²) >= 11 is 0. The predicted molar refractivity (Wildman–Crippen MR) is 77.2 cm³/mol. The maximum atomic E-state index is 13.0. The molecule has 0 radical (unpaired) electrons. The van der Waals surface area contributed by atoms with E-state index in [2.05, 4.69) is 0 Å². The van der Waals surface area contributed by atoms with Crippen LogP contribution in [0.4, 0.5) is 18.9 Å². The second-order valence-corrected chi connectivity index (χ2v) is 6.92. The van der Waals surface area contributed by atoms with E-state index in [0.717, 1.165) is 6.92 Å². The summed E-state index contributed by atoms with van der Waals surface area (Å²) in [4.78, 5) is 53.3. The van der Waals surface area contributed by atoms with Crippen LogP contribution in [0.15, 0.2) is 21.7 Å². The molecule has 0 aliphatic heterocycles. The fraction of sp³-hybridized carbons (Fsp3) is 0.273. The number of rotatable bonds is 3. The number of fused-ring (bicyclic) bond motifs is 1. The number of aromatic nitrogens is 2. The summed E-state index contributed by atoms with van der Waals surface area (Å²) in [5, 5.41) is 10.9. The Morgan fingerprint density at radius 3 is 2.32 bits per heavy atom. The quantitative estimate of drug-likeness (QED) is 0.312. The first kappa shape index (κ1) is 18.8. The molecule has 136 valence electrons. The summed E-state index contributed by atoms with van der Waals surface area (Å²) in [6, 6.07) is 0.568. The highest BCUT2D eigenvalue weighted by Gasteiger charge is 2.39. The van der Waals surface area contributed by atoms with Gasteiger partial charge in [0.05, 0.1) is 16.0 Å². The van der Waals surface area contributed by atoms with Gasteiger partial charge in [-0.1, -0.05) is 0 Å². The van der Waals surface area contributed by atoms with Crippen LogP contribution in [0.3, 0.4) is 0 Å². The average molecular weight is 383 g/mol. The van der Waals surface area contributed by atoms with Crippen LogP contribution in [0.25, 0.3) is 11.0 Å². The summed E-state index contributed by atoms with van der Waals surface area (Å²) in [6.45, 7) is 0.852. The molecule has 0 aliphatic carbocycles. The van der Waals surface area contributed by atoms with E-state index in [1.54, 1.807) is 0 Å². The zero-order valence-electron chi connectivity index (χ0n) is 12.1. The van der Waals surface area contributed by atoms with Crippen molar-refractivity contribution in [3.05, 3.63) is 48.5 Å². The van der Waals surface area contributed by atoms with Gasteiger partial charge < -0.3 is 14.8 Å². The van der Waals surface area contributed by atoms with Crippen molar-refractivity contribution >= 4 is 24.3 Å². The lowest BCUT2D eigenvalue weighted by Gasteiger charge is -2.19. The van der Waals surface area contributed by atoms with E-state index < -0.39 is 57.9 Å². The number of halogens is 3. The third kappa shape index (κ3) is 3.34. The number of H-pyrrole nitrogens is 1. The number of nitro groups is 1. The largest absolute Gasteiger partial charge is 0.423 e. The fourth-order valence-electron chi connectivity index (χ4n) is 2.17. The predicted octanol–water partition coefficient (Wildman–Crippen LogP) is 1.31. The molecule has 3 N–H and O–H groups in total. The lowest BCUT2D eigenvalue weighted by atomic mass is 10.1. The van der Waals surface area contributed by atoms with E-state index in [1.165, 1.54) is 0 Å². The molecule has 2 rings (SSSR count). The van der Waals surface area contributed by atoms with Crippen molar-refractivity contribution < 1.29 is 32.4 Å². The van der Waals surface area contributed by atoms with Crippen molar-refractivity contribution in [3.8, 4) is 0 Å². The topological polar surface area (TPSA) is 156 Å². The molecule has 0 bridgehead atoms. The van der Waals surface area contributed by atoms with Gasteiger partial charge in [0, 0.05) is 6.07 Å². The van der Waals surface area contributed by atoms with E-state index in [0.29, 0.717) is 6.07 Å². The van der Waals surface area contributed by atoms with Gasteiger partial charge in [-0.25, -0.2) is 0 Å². The molecule has 0 fully saturated rings. The Labute approximate surface area is 134 Å². The van der Waals surface area contributed by atoms with E-state index in [9.17, 15) is 47.2 Å². The number of alkyl halides is 3. The third-order valence-electron chi connectivity index (χ3n) is 3.40. The molecule has 1 heterocycles. The number of nitro benzene ring substituents is 1. The first-order valence-electron chi connectivity index (χ1n) is 6.34. The van der Waals surface area contributed by atoms with Gasteiger partial charge in [-0.15, -0.1) is 0 Å². The smallest absolute Gasteiger partial charge is 0.323 e. The summed E-state index contributed by atoms with van der Waals surface area (Å²) in [6.07, 6.45) is -5.14. The molecular weight excluding hydrogens is 374 g/mol. The summed E-state index contributed by atoms with van der Waals surface area (Å²) < 4.78 is 50.6. The van der Waals surface area contributed by atoms with Gasteiger partial charge >= 0.3 is 24.9 Å². The third-order valence-corrected chi connectivity index (χ3v) is 4.60. The van der Waals surface area contributed by atoms with Crippen LogP contribution in [-0.4, -0.2) is 24.3 Å². The van der Waals surface area contributed by atoms with Gasteiger partial charge in [0.25, 0.3) is 5.69 Å². The van der Waals surface area contributed by atoms with E-state index in [4.69, 9.17) is 0 Å². The Morgan fingerprint density at radius 1 is 1.32 bits per heavy atom. The molecule has 25 heavy (non-hydrogen) atoms. The minimum absolute atomic E-state index is 0.233. The number of benzene rings is 1. The summed E-state index contributed by atoms with van der Waals surface area (Å²) in [5.41, 5.74) is -7.29. The first-order chi connectivity index (χ1) is 11.2. The second kappa shape index (κ2) is 5.79. The molecule has 0 saturated heterocycles. The van der Waals surface area contributed by atoms with Crippen molar-refractivity contribution in [2.24, 2.45) is 0 Å². The Morgan fingerprint density at radius 2 is 1.88 bits per heavy atom. The molecule has 2 aromatic rings. The lowest BCUT2D eigenvalue weighted by molar-refractivity contribution is -0.387. The number of hydrogen-bond acceptors (Lipinski definition) is 5.